The Kier molecular flexibility index (Phi) is 8.27. The van der Waals surface area contributed by atoms with E-state index in [0.29, 0.717) is 18.3 Å². The van der Waals surface area contributed by atoms with Gasteiger partial charge in [-0.05, 0) is 13.8 Å². The molecule has 0 aliphatic carbocycles. The zero-order chi connectivity index (χ0) is 11.7. The molecule has 0 aromatic heterocycles. The molecule has 0 aliphatic heterocycles. The van der Waals surface area contributed by atoms with Gasteiger partial charge in [0, 0.05) is 32.0 Å². The zero-order valence-electron chi connectivity index (χ0n) is 9.65. The quantitative estimate of drug-likeness (QED) is 0.530. The van der Waals surface area contributed by atoms with Crippen LogP contribution in [0.3, 0.4) is 0 Å². The third-order valence-electron chi connectivity index (χ3n) is 2.00. The number of methoxy groups -OCH3 is 1. The van der Waals surface area contributed by atoms with E-state index in [1.165, 1.54) is 0 Å². The highest BCUT2D eigenvalue weighted by atomic mass is 35.5. The fourth-order valence-electron chi connectivity index (χ4n) is 0.924. The summed E-state index contributed by atoms with van der Waals surface area (Å²) in [6.45, 7) is 6.19. The van der Waals surface area contributed by atoms with Gasteiger partial charge in [0.15, 0.2) is 0 Å². The Morgan fingerprint density at radius 3 is 2.13 bits per heavy atom. The number of hydrogen-bond donors (Lipinski definition) is 0. The molecular formula is C11H19Cl2NO. The molecule has 0 spiro atoms. The van der Waals surface area contributed by atoms with Crippen molar-refractivity contribution in [2.24, 2.45) is 0 Å². The Morgan fingerprint density at radius 1 is 1.20 bits per heavy atom. The summed E-state index contributed by atoms with van der Waals surface area (Å²) in [5.74, 6) is 7.34. The molecule has 0 atom stereocenters. The number of alkyl halides is 2. The largest absolute Gasteiger partial charge is 0.366 e. The van der Waals surface area contributed by atoms with Crippen LogP contribution >= 0.6 is 23.2 Å². The van der Waals surface area contributed by atoms with Crippen molar-refractivity contribution >= 4 is 23.2 Å². The summed E-state index contributed by atoms with van der Waals surface area (Å²) in [5, 5.41) is 0. The van der Waals surface area contributed by atoms with E-state index in [4.69, 9.17) is 27.9 Å². The van der Waals surface area contributed by atoms with E-state index in [1.54, 1.807) is 7.11 Å². The van der Waals surface area contributed by atoms with E-state index >= 15 is 0 Å². The predicted octanol–water partition coefficient (Wildman–Crippen LogP) is 2.19. The van der Waals surface area contributed by atoms with Crippen molar-refractivity contribution in [2.75, 3.05) is 38.5 Å². The Balaban J connectivity index is 4.07. The third kappa shape index (κ3) is 7.93. The Bertz CT molecular complexity index is 214. The van der Waals surface area contributed by atoms with Gasteiger partial charge in [-0.3, -0.25) is 4.90 Å². The zero-order valence-corrected chi connectivity index (χ0v) is 11.2. The lowest BCUT2D eigenvalue weighted by molar-refractivity contribution is 0.0740. The van der Waals surface area contributed by atoms with Crippen LogP contribution in [-0.2, 0) is 4.74 Å². The first-order chi connectivity index (χ1) is 7.05. The van der Waals surface area contributed by atoms with Gasteiger partial charge in [-0.2, -0.15) is 0 Å². The van der Waals surface area contributed by atoms with Gasteiger partial charge in [-0.1, -0.05) is 11.8 Å². The third-order valence-corrected chi connectivity index (χ3v) is 2.34. The van der Waals surface area contributed by atoms with Crippen LogP contribution in [0, 0.1) is 11.8 Å². The number of halogens is 2. The molecular weight excluding hydrogens is 233 g/mol. The second-order valence-corrected chi connectivity index (χ2v) is 4.43. The molecule has 0 saturated heterocycles. The van der Waals surface area contributed by atoms with E-state index in [9.17, 15) is 0 Å². The van der Waals surface area contributed by atoms with Gasteiger partial charge in [0.1, 0.15) is 5.60 Å². The van der Waals surface area contributed by atoms with E-state index in [2.05, 4.69) is 16.7 Å². The fraction of sp³-hybridized carbons (Fsp3) is 0.818. The predicted molar refractivity (Wildman–Crippen MR) is 66.7 cm³/mol. The summed E-state index contributed by atoms with van der Waals surface area (Å²) in [6, 6.07) is 0. The van der Waals surface area contributed by atoms with Gasteiger partial charge in [0.05, 0.1) is 6.54 Å². The molecule has 0 bridgehead atoms. The molecule has 0 saturated carbocycles. The number of ether oxygens (including phenoxy) is 1. The monoisotopic (exact) mass is 251 g/mol. The van der Waals surface area contributed by atoms with Crippen molar-refractivity contribution in [1.82, 2.24) is 4.90 Å². The summed E-state index contributed by atoms with van der Waals surface area (Å²) in [6.07, 6.45) is 0. The number of hydrogen-bond acceptors (Lipinski definition) is 2. The Morgan fingerprint density at radius 2 is 1.73 bits per heavy atom. The standard InChI is InChI=1S/C11H19Cl2NO/c1-11(2,15-3)5-4-8-14(9-6-12)10-7-13/h6-10H2,1-3H3. The number of nitrogens with zero attached hydrogens (tertiary/aromatic N) is 1. The molecule has 0 aromatic rings. The highest BCUT2D eigenvalue weighted by Gasteiger charge is 2.10. The average Bonchev–Trinajstić information content (AvgIpc) is 2.18. The van der Waals surface area contributed by atoms with Crippen molar-refractivity contribution in [1.29, 1.82) is 0 Å². The molecule has 2 nitrogen and oxygen atoms in total. The van der Waals surface area contributed by atoms with Gasteiger partial charge < -0.3 is 4.74 Å². The smallest absolute Gasteiger partial charge is 0.122 e. The summed E-state index contributed by atoms with van der Waals surface area (Å²) < 4.78 is 5.20. The van der Waals surface area contributed by atoms with Gasteiger partial charge in [0.2, 0.25) is 0 Å². The molecule has 0 aromatic carbocycles. The molecule has 0 aliphatic rings. The highest BCUT2D eigenvalue weighted by molar-refractivity contribution is 6.18. The minimum absolute atomic E-state index is 0.381. The molecule has 15 heavy (non-hydrogen) atoms. The van der Waals surface area contributed by atoms with Crippen molar-refractivity contribution < 1.29 is 4.74 Å². The van der Waals surface area contributed by atoms with Gasteiger partial charge in [-0.15, -0.1) is 23.2 Å². The summed E-state index contributed by atoms with van der Waals surface area (Å²) in [7, 11) is 1.66. The summed E-state index contributed by atoms with van der Waals surface area (Å²) in [4.78, 5) is 2.12. The molecule has 0 heterocycles. The SMILES string of the molecule is COC(C)(C)C#CCN(CCCl)CCCl. The van der Waals surface area contributed by atoms with Gasteiger partial charge in [0.25, 0.3) is 0 Å². The molecule has 0 amide bonds. The minimum atomic E-state index is -0.381. The van der Waals surface area contributed by atoms with Gasteiger partial charge >= 0.3 is 0 Å². The highest BCUT2D eigenvalue weighted by Crippen LogP contribution is 2.04. The van der Waals surface area contributed by atoms with Crippen LogP contribution in [-0.4, -0.2) is 49.0 Å². The number of rotatable bonds is 6. The van der Waals surface area contributed by atoms with Crippen molar-refractivity contribution in [3.05, 3.63) is 0 Å². The first-order valence-electron chi connectivity index (χ1n) is 4.95. The lowest BCUT2D eigenvalue weighted by Gasteiger charge is -2.18. The Hall–Kier alpha value is 0.0600. The molecule has 0 rings (SSSR count). The van der Waals surface area contributed by atoms with Crippen LogP contribution in [0.4, 0.5) is 0 Å². The van der Waals surface area contributed by atoms with Crippen LogP contribution in [0.15, 0.2) is 0 Å². The van der Waals surface area contributed by atoms with E-state index in [0.717, 1.165) is 13.1 Å². The lowest BCUT2D eigenvalue weighted by Crippen LogP contribution is -2.29. The van der Waals surface area contributed by atoms with E-state index in [-0.39, 0.29) is 5.60 Å². The second-order valence-electron chi connectivity index (χ2n) is 3.67. The van der Waals surface area contributed by atoms with Crippen molar-refractivity contribution in [3.63, 3.8) is 0 Å². The Labute approximate surface area is 103 Å². The molecule has 0 N–H and O–H groups in total. The average molecular weight is 252 g/mol. The molecule has 0 radical (unpaired) electrons. The van der Waals surface area contributed by atoms with Crippen LogP contribution in [0.5, 0.6) is 0 Å². The van der Waals surface area contributed by atoms with Crippen LogP contribution in [0.2, 0.25) is 0 Å². The maximum Gasteiger partial charge on any atom is 0.122 e. The van der Waals surface area contributed by atoms with Crippen LogP contribution in [0.25, 0.3) is 0 Å². The van der Waals surface area contributed by atoms with Gasteiger partial charge in [-0.25, -0.2) is 0 Å². The lowest BCUT2D eigenvalue weighted by atomic mass is 10.1. The summed E-state index contributed by atoms with van der Waals surface area (Å²) in [5.41, 5.74) is -0.381. The summed E-state index contributed by atoms with van der Waals surface area (Å²) >= 11 is 11.3. The van der Waals surface area contributed by atoms with Crippen molar-refractivity contribution in [3.8, 4) is 11.8 Å². The molecule has 0 fully saturated rings. The normalized spacial score (nSPS) is 11.3. The van der Waals surface area contributed by atoms with E-state index in [1.807, 2.05) is 13.8 Å². The van der Waals surface area contributed by atoms with Crippen LogP contribution < -0.4 is 0 Å². The maximum atomic E-state index is 5.67. The van der Waals surface area contributed by atoms with Crippen molar-refractivity contribution in [2.45, 2.75) is 19.4 Å². The minimum Gasteiger partial charge on any atom is -0.366 e. The maximum absolute atomic E-state index is 5.67. The topological polar surface area (TPSA) is 12.5 Å². The molecule has 88 valence electrons. The van der Waals surface area contributed by atoms with E-state index < -0.39 is 0 Å². The first-order valence-corrected chi connectivity index (χ1v) is 6.02. The molecule has 0 unspecified atom stereocenters. The van der Waals surface area contributed by atoms with Crippen LogP contribution in [0.1, 0.15) is 13.8 Å². The first kappa shape index (κ1) is 15.1. The second kappa shape index (κ2) is 8.24. The fourth-order valence-corrected chi connectivity index (χ4v) is 1.40. The molecule has 4 heteroatoms.